The van der Waals surface area contributed by atoms with Crippen LogP contribution in [0, 0.1) is 5.92 Å². The molecule has 2 heterocycles. The van der Waals surface area contributed by atoms with Crippen molar-refractivity contribution in [3.63, 3.8) is 0 Å². The standard InChI is InChI=1S/C14H18F3N3S/c15-14(16,17)10-3-1-5-13(7-10)9-19-12(18)20(13)8-11-4-2-6-21-11/h2,4,6,10H,1,3,5,7-9H2,(H2,18,19). The van der Waals surface area contributed by atoms with Crippen molar-refractivity contribution in [1.82, 2.24) is 4.90 Å². The lowest BCUT2D eigenvalue weighted by Crippen LogP contribution is -2.54. The van der Waals surface area contributed by atoms with Gasteiger partial charge in [-0.3, -0.25) is 4.99 Å². The second kappa shape index (κ2) is 5.19. The summed E-state index contributed by atoms with van der Waals surface area (Å²) in [6.45, 7) is 0.939. The summed E-state index contributed by atoms with van der Waals surface area (Å²) in [5, 5.41) is 1.96. The highest BCUT2D eigenvalue weighted by Crippen LogP contribution is 2.46. The van der Waals surface area contributed by atoms with Crippen molar-refractivity contribution in [1.29, 1.82) is 0 Å². The zero-order chi connectivity index (χ0) is 15.1. The van der Waals surface area contributed by atoms with Crippen LogP contribution in [0.2, 0.25) is 0 Å². The second-order valence-electron chi connectivity index (χ2n) is 5.90. The van der Waals surface area contributed by atoms with Crippen LogP contribution in [0.4, 0.5) is 13.2 Å². The van der Waals surface area contributed by atoms with E-state index in [0.29, 0.717) is 25.5 Å². The van der Waals surface area contributed by atoms with Gasteiger partial charge in [0.15, 0.2) is 5.96 Å². The molecule has 2 aliphatic rings. The van der Waals surface area contributed by atoms with Crippen molar-refractivity contribution >= 4 is 17.3 Å². The van der Waals surface area contributed by atoms with Gasteiger partial charge in [-0.1, -0.05) is 12.5 Å². The predicted molar refractivity (Wildman–Crippen MR) is 77.1 cm³/mol. The van der Waals surface area contributed by atoms with Gasteiger partial charge in [-0.05, 0) is 30.7 Å². The molecule has 3 nitrogen and oxygen atoms in total. The Morgan fingerprint density at radius 3 is 2.95 bits per heavy atom. The van der Waals surface area contributed by atoms with E-state index in [9.17, 15) is 13.2 Å². The minimum Gasteiger partial charge on any atom is -0.370 e. The maximum absolute atomic E-state index is 13.1. The summed E-state index contributed by atoms with van der Waals surface area (Å²) in [7, 11) is 0. The lowest BCUT2D eigenvalue weighted by molar-refractivity contribution is -0.191. The number of halogens is 3. The van der Waals surface area contributed by atoms with Crippen LogP contribution >= 0.6 is 11.3 Å². The van der Waals surface area contributed by atoms with E-state index in [2.05, 4.69) is 4.99 Å². The Labute approximate surface area is 125 Å². The molecular formula is C14H18F3N3S. The molecule has 1 aromatic heterocycles. The molecule has 1 aromatic rings. The molecular weight excluding hydrogens is 299 g/mol. The number of alkyl halides is 3. The number of rotatable bonds is 2. The molecule has 1 aliphatic carbocycles. The quantitative estimate of drug-likeness (QED) is 0.908. The van der Waals surface area contributed by atoms with E-state index >= 15 is 0 Å². The average Bonchev–Trinajstić information content (AvgIpc) is 3.03. The van der Waals surface area contributed by atoms with Crippen molar-refractivity contribution in [3.8, 4) is 0 Å². The van der Waals surface area contributed by atoms with E-state index in [1.807, 2.05) is 22.4 Å². The Bertz CT molecular complexity index is 526. The maximum atomic E-state index is 13.1. The summed E-state index contributed by atoms with van der Waals surface area (Å²) in [6.07, 6.45) is -2.49. The van der Waals surface area contributed by atoms with Gasteiger partial charge in [0.2, 0.25) is 0 Å². The third-order valence-electron chi connectivity index (χ3n) is 4.56. The first-order valence-electron chi connectivity index (χ1n) is 7.07. The van der Waals surface area contributed by atoms with Crippen molar-refractivity contribution in [3.05, 3.63) is 22.4 Å². The monoisotopic (exact) mass is 317 g/mol. The number of hydrogen-bond acceptors (Lipinski definition) is 4. The van der Waals surface area contributed by atoms with Gasteiger partial charge < -0.3 is 10.6 Å². The minimum absolute atomic E-state index is 0.103. The largest absolute Gasteiger partial charge is 0.391 e. The van der Waals surface area contributed by atoms with Crippen LogP contribution in [0.25, 0.3) is 0 Å². The summed E-state index contributed by atoms with van der Waals surface area (Å²) in [6, 6.07) is 3.92. The van der Waals surface area contributed by atoms with Gasteiger partial charge in [0.05, 0.1) is 24.5 Å². The fourth-order valence-corrected chi connectivity index (χ4v) is 4.15. The summed E-state index contributed by atoms with van der Waals surface area (Å²) in [5.41, 5.74) is 5.41. The van der Waals surface area contributed by atoms with Gasteiger partial charge in [0.1, 0.15) is 0 Å². The molecule has 0 bridgehead atoms. The number of guanidine groups is 1. The van der Waals surface area contributed by atoms with Crippen LogP contribution in [-0.2, 0) is 6.54 Å². The number of hydrogen-bond donors (Lipinski definition) is 1. The van der Waals surface area contributed by atoms with Crippen molar-refractivity contribution < 1.29 is 13.2 Å². The van der Waals surface area contributed by atoms with Gasteiger partial charge >= 0.3 is 6.18 Å². The normalized spacial score (nSPS) is 30.0. The smallest absolute Gasteiger partial charge is 0.370 e. The molecule has 2 N–H and O–H groups in total. The molecule has 1 spiro atoms. The summed E-state index contributed by atoms with van der Waals surface area (Å²) < 4.78 is 39.3. The van der Waals surface area contributed by atoms with Crippen molar-refractivity contribution in [2.24, 2.45) is 16.6 Å². The highest BCUT2D eigenvalue weighted by atomic mass is 32.1. The first kappa shape index (κ1) is 14.7. The highest BCUT2D eigenvalue weighted by molar-refractivity contribution is 7.09. The van der Waals surface area contributed by atoms with E-state index < -0.39 is 17.6 Å². The van der Waals surface area contributed by atoms with E-state index in [-0.39, 0.29) is 12.8 Å². The molecule has 3 rings (SSSR count). The maximum Gasteiger partial charge on any atom is 0.391 e. The summed E-state index contributed by atoms with van der Waals surface area (Å²) in [4.78, 5) is 7.25. The second-order valence-corrected chi connectivity index (χ2v) is 6.93. The first-order chi connectivity index (χ1) is 9.91. The van der Waals surface area contributed by atoms with Crippen LogP contribution in [0.5, 0.6) is 0 Å². The number of nitrogens with zero attached hydrogens (tertiary/aromatic N) is 2. The van der Waals surface area contributed by atoms with E-state index in [1.54, 1.807) is 11.3 Å². The molecule has 1 saturated carbocycles. The molecule has 1 aliphatic heterocycles. The lowest BCUT2D eigenvalue weighted by atomic mass is 9.74. The van der Waals surface area contributed by atoms with Crippen LogP contribution in [-0.4, -0.2) is 29.1 Å². The molecule has 0 saturated heterocycles. The van der Waals surface area contributed by atoms with Crippen LogP contribution in [0.1, 0.15) is 30.6 Å². The minimum atomic E-state index is -4.13. The molecule has 0 radical (unpaired) electrons. The topological polar surface area (TPSA) is 41.6 Å². The fourth-order valence-electron chi connectivity index (χ4n) is 3.46. The number of aliphatic imine (C=N–C) groups is 1. The molecule has 0 amide bonds. The lowest BCUT2D eigenvalue weighted by Gasteiger charge is -2.45. The van der Waals surface area contributed by atoms with E-state index in [4.69, 9.17) is 5.73 Å². The van der Waals surface area contributed by atoms with E-state index in [0.717, 1.165) is 11.3 Å². The van der Waals surface area contributed by atoms with Crippen LogP contribution in [0.3, 0.4) is 0 Å². The first-order valence-corrected chi connectivity index (χ1v) is 7.95. The summed E-state index contributed by atoms with van der Waals surface area (Å²) in [5.74, 6) is -0.857. The van der Waals surface area contributed by atoms with Gasteiger partial charge in [-0.2, -0.15) is 13.2 Å². The Morgan fingerprint density at radius 2 is 2.29 bits per heavy atom. The predicted octanol–water partition coefficient (Wildman–Crippen LogP) is 3.37. The SMILES string of the molecule is NC1=NCC2(CCCC(C(F)(F)F)C2)N1Cc1cccs1. The van der Waals surface area contributed by atoms with Crippen molar-refractivity contribution in [2.45, 2.75) is 43.9 Å². The van der Waals surface area contributed by atoms with Gasteiger partial charge in [-0.25, -0.2) is 0 Å². The molecule has 1 fully saturated rings. The van der Waals surface area contributed by atoms with Gasteiger partial charge in [0, 0.05) is 4.88 Å². The van der Waals surface area contributed by atoms with Crippen LogP contribution in [0.15, 0.2) is 22.5 Å². The van der Waals surface area contributed by atoms with Crippen LogP contribution < -0.4 is 5.73 Å². The Hall–Kier alpha value is -1.24. The fraction of sp³-hybridized carbons (Fsp3) is 0.643. The Balaban J connectivity index is 1.82. The third kappa shape index (κ3) is 2.75. The molecule has 0 aromatic carbocycles. The zero-order valence-electron chi connectivity index (χ0n) is 11.6. The van der Waals surface area contributed by atoms with Gasteiger partial charge in [0.25, 0.3) is 0 Å². The molecule has 7 heteroatoms. The molecule has 2 atom stereocenters. The average molecular weight is 317 g/mol. The van der Waals surface area contributed by atoms with E-state index in [1.165, 1.54) is 0 Å². The molecule has 21 heavy (non-hydrogen) atoms. The van der Waals surface area contributed by atoms with Gasteiger partial charge in [-0.15, -0.1) is 11.3 Å². The third-order valence-corrected chi connectivity index (χ3v) is 5.42. The molecule has 116 valence electrons. The highest BCUT2D eigenvalue weighted by Gasteiger charge is 2.52. The Kier molecular flexibility index (Phi) is 3.63. The zero-order valence-corrected chi connectivity index (χ0v) is 12.4. The summed E-state index contributed by atoms with van der Waals surface area (Å²) >= 11 is 1.59. The molecule has 2 unspecified atom stereocenters. The number of thiophene rings is 1. The number of nitrogens with two attached hydrogens (primary N) is 1. The van der Waals surface area contributed by atoms with Crippen molar-refractivity contribution in [2.75, 3.05) is 6.54 Å². The Morgan fingerprint density at radius 1 is 1.48 bits per heavy atom.